The molecule has 6 rings (SSSR count). The lowest BCUT2D eigenvalue weighted by atomic mass is 9.77. The summed E-state index contributed by atoms with van der Waals surface area (Å²) in [6.07, 6.45) is 7.85. The van der Waals surface area contributed by atoms with Gasteiger partial charge in [0.25, 0.3) is 21.2 Å². The molecule has 33 heteroatoms. The maximum absolute atomic E-state index is 13.1. The van der Waals surface area contributed by atoms with E-state index in [-0.39, 0.29) is 48.1 Å². The van der Waals surface area contributed by atoms with Crippen LogP contribution in [0.1, 0.15) is 109 Å². The van der Waals surface area contributed by atoms with Crippen molar-refractivity contribution in [3.63, 3.8) is 0 Å². The van der Waals surface area contributed by atoms with Crippen LogP contribution in [0.2, 0.25) is 0 Å². The lowest BCUT2D eigenvalue weighted by molar-refractivity contribution is -0.777. The highest BCUT2D eigenvalue weighted by molar-refractivity contribution is 7.94. The van der Waals surface area contributed by atoms with Crippen molar-refractivity contribution in [2.45, 2.75) is 125 Å². The van der Waals surface area contributed by atoms with E-state index in [4.69, 9.17) is 4.74 Å². The molecule has 81 heavy (non-hydrogen) atoms. The molecule has 3 aliphatic heterocycles. The summed E-state index contributed by atoms with van der Waals surface area (Å²) in [6.45, 7) is 10.6. The van der Waals surface area contributed by atoms with Gasteiger partial charge in [0.2, 0.25) is 17.5 Å². The predicted octanol–water partition coefficient (Wildman–Crippen LogP) is 1.45. The van der Waals surface area contributed by atoms with Crippen LogP contribution in [0, 0.1) is 0 Å². The molecule has 0 spiro atoms. The van der Waals surface area contributed by atoms with Gasteiger partial charge in [0.15, 0.2) is 5.71 Å². The minimum absolute atomic E-state index is 0.0234. The first kappa shape index (κ1) is 65.4. The number of carbonyl (C=O) groups is 2. The van der Waals surface area contributed by atoms with Crippen LogP contribution >= 0.6 is 35.5 Å². The number of phosphoric ester groups is 1. The number of nitrogens with one attached hydrogen (secondary N) is 3. The Morgan fingerprint density at radius 2 is 1.67 bits per heavy atom. The number of allylic oxidation sites excluding steroid dienone is 4. The van der Waals surface area contributed by atoms with Gasteiger partial charge in [-0.25, -0.2) is 17.5 Å². The summed E-state index contributed by atoms with van der Waals surface area (Å²) >= 11 is 0.815. The number of amides is 2. The molecule has 3 unspecified atom stereocenters. The molecule has 2 aromatic carbocycles. The Labute approximate surface area is 469 Å². The predicted molar refractivity (Wildman–Crippen MR) is 279 cm³/mol. The van der Waals surface area contributed by atoms with Crippen LogP contribution in [0.15, 0.2) is 92.0 Å². The second-order valence-electron chi connectivity index (χ2n) is 19.5. The van der Waals surface area contributed by atoms with Crippen molar-refractivity contribution in [1.29, 1.82) is 0 Å². The molecule has 0 aliphatic carbocycles. The quantitative estimate of drug-likeness (QED) is 0.0145. The van der Waals surface area contributed by atoms with E-state index in [2.05, 4.69) is 61.5 Å². The van der Waals surface area contributed by atoms with Gasteiger partial charge < -0.3 is 63.8 Å². The number of aromatic amines is 1. The van der Waals surface area contributed by atoms with Crippen LogP contribution in [-0.4, -0.2) is 94.7 Å². The molecule has 1 fully saturated rings. The van der Waals surface area contributed by atoms with E-state index in [9.17, 15) is 75.8 Å². The number of likely N-dealkylation sites (N-methyl/N-ethyl adjacent to an activating group) is 1. The van der Waals surface area contributed by atoms with E-state index in [1.54, 1.807) is 6.07 Å². The van der Waals surface area contributed by atoms with Crippen molar-refractivity contribution in [1.82, 2.24) is 20.2 Å². The number of aliphatic hydroxyl groups is 1. The largest absolute Gasteiger partial charge is 0.790 e. The number of anilines is 1. The summed E-state index contributed by atoms with van der Waals surface area (Å²) in [6, 6.07) is 10.1. The molecule has 3 aromatic rings. The van der Waals surface area contributed by atoms with Crippen LogP contribution in [0.4, 0.5) is 11.4 Å². The SMILES string of the molecule is CCN1/C(=C/C=C/C2=[N+](CC)c3ccc(SOO[O-])cc3C2(C)C)C(C)(CCCC(=O)NCCCCCC(=O)NC/C=C/c2cn([C@H]3C[C@@H](O)[C@@H](COP(=O)([O-])OP(=O)([O-])OP(=O)([O-])[O-])O3)c(=O)[nH]c2=O)c2cc(S(=O)(=O)[O-])ccc21. The second-order valence-corrected chi connectivity index (χ2v) is 25.9. The topological polar surface area (TPSA) is 419 Å². The average molecular weight is 1230 g/mol. The van der Waals surface area contributed by atoms with Crippen LogP contribution in [0.25, 0.3) is 6.08 Å². The van der Waals surface area contributed by atoms with Crippen molar-refractivity contribution in [3.05, 3.63) is 110 Å². The third-order valence-corrected chi connectivity index (χ3v) is 18.7. The number of aliphatic hydroxyl groups excluding tert-OH is 1. The Morgan fingerprint density at radius 3 is 2.35 bits per heavy atom. The highest BCUT2D eigenvalue weighted by Gasteiger charge is 2.46. The molecule has 0 radical (unpaired) electrons. The number of hydrogen-bond donors (Lipinski definition) is 4. The van der Waals surface area contributed by atoms with Crippen LogP contribution < -0.4 is 51.6 Å². The Morgan fingerprint density at radius 1 is 0.951 bits per heavy atom. The highest BCUT2D eigenvalue weighted by atomic mass is 32.2. The number of carbonyl (C=O) groups excluding carboxylic acids is 2. The number of H-pyrrole nitrogens is 1. The van der Waals surface area contributed by atoms with Crippen molar-refractivity contribution >= 4 is 80.6 Å². The lowest BCUT2D eigenvalue weighted by Gasteiger charge is -2.37. The molecule has 4 N–H and O–H groups in total. The van der Waals surface area contributed by atoms with E-state index < -0.39 is 80.7 Å². The smallest absolute Gasteiger partial charge is 0.330 e. The minimum Gasteiger partial charge on any atom is -0.790 e. The Kier molecular flexibility index (Phi) is 22.0. The molecule has 28 nitrogen and oxygen atoms in total. The van der Waals surface area contributed by atoms with Gasteiger partial charge in [-0.3, -0.25) is 42.4 Å². The Hall–Kier alpha value is -4.78. The molecule has 2 amide bonds. The van der Waals surface area contributed by atoms with Crippen LogP contribution in [-0.2, 0) is 71.5 Å². The van der Waals surface area contributed by atoms with Gasteiger partial charge in [0.1, 0.15) is 29.0 Å². The normalized spacial score (nSPS) is 21.9. The summed E-state index contributed by atoms with van der Waals surface area (Å²) in [7, 11) is -23.2. The molecule has 3 aliphatic rings. The summed E-state index contributed by atoms with van der Waals surface area (Å²) in [4.78, 5) is 99.8. The van der Waals surface area contributed by atoms with E-state index in [1.807, 2.05) is 57.2 Å². The Bertz CT molecular complexity index is 3340. The number of hydrogen-bond acceptors (Lipinski definition) is 24. The molecule has 1 saturated heterocycles. The maximum atomic E-state index is 13.1. The highest BCUT2D eigenvalue weighted by Crippen LogP contribution is 2.60. The van der Waals surface area contributed by atoms with Gasteiger partial charge in [-0.15, -0.1) is 0 Å². The number of nitrogens with zero attached hydrogens (tertiary/aromatic N) is 3. The summed E-state index contributed by atoms with van der Waals surface area (Å²) in [5.41, 5.74) is 2.15. The third-order valence-electron chi connectivity index (χ3n) is 13.7. The monoisotopic (exact) mass is 1230 g/mol. The zero-order chi connectivity index (χ0) is 59.7. The van der Waals surface area contributed by atoms with Gasteiger partial charge in [0.05, 0.1) is 48.5 Å². The van der Waals surface area contributed by atoms with Gasteiger partial charge in [0, 0.05) is 84.5 Å². The first-order valence-electron chi connectivity index (χ1n) is 25.2. The van der Waals surface area contributed by atoms with Crippen molar-refractivity contribution < 1.29 is 98.0 Å². The molecule has 1 aromatic heterocycles. The lowest BCUT2D eigenvalue weighted by Crippen LogP contribution is -2.33. The maximum Gasteiger partial charge on any atom is 0.330 e. The van der Waals surface area contributed by atoms with Gasteiger partial charge in [-0.2, -0.15) is 8.91 Å². The standard InChI is InChI=1S/C48H65N6O22P3S2/c1-6-52-36-21-19-32(80-74-73-60)26-34(36)47(3,4)40(52)15-11-16-41-48(5,35-27-33(81(68,69)70)20-22-37(35)53(41)7-2)23-12-18-43(57)49-24-10-8-9-17-42(56)50-25-13-14-31-29-54(46(59)51-45(31)58)44-28-38(55)39(72-44)30-71-78(64,65)76-79(66,67)75-77(61,62)63/h11,13-16,19-22,26-27,29,38-39,44,55H,6-10,12,17-18,23-25,28,30H2,1-5H3,(H8-,49,50,51,56,57,58,59,60,61,62,63,64,65,66,67,68,69,70)/p-5/b14-13+/t38-,39-,44-,48?/m1/s1. The number of phosphoric acid groups is 3. The number of benzene rings is 2. The zero-order valence-corrected chi connectivity index (χ0v) is 48.7. The Balaban J connectivity index is 0.967. The molecule has 6 atom stereocenters. The zero-order valence-electron chi connectivity index (χ0n) is 44.4. The number of ether oxygens (including phenoxy) is 1. The molecular weight excluding hydrogens is 1170 g/mol. The number of aromatic nitrogens is 2. The third kappa shape index (κ3) is 17.0. The summed E-state index contributed by atoms with van der Waals surface area (Å²) in [5, 5.41) is 30.0. The van der Waals surface area contributed by atoms with Gasteiger partial charge >= 0.3 is 5.69 Å². The molecule has 446 valence electrons. The van der Waals surface area contributed by atoms with E-state index >= 15 is 0 Å². The fraction of sp³-hybridized carbons (Fsp3) is 0.479. The molecular formula is C48H60N6O22P3S2-5. The summed E-state index contributed by atoms with van der Waals surface area (Å²) in [5.74, 6) is -0.510. The number of fused-ring (bicyclic) bond motifs is 2. The minimum atomic E-state index is -6.24. The summed E-state index contributed by atoms with van der Waals surface area (Å²) < 4.78 is 94.6. The fourth-order valence-corrected chi connectivity index (χ4v) is 13.7. The first-order valence-corrected chi connectivity index (χ1v) is 31.8. The van der Waals surface area contributed by atoms with Gasteiger partial charge in [-0.05, 0) is 102 Å². The van der Waals surface area contributed by atoms with Crippen LogP contribution in [0.3, 0.4) is 0 Å². The molecule has 4 heterocycles. The van der Waals surface area contributed by atoms with Crippen molar-refractivity contribution in [2.24, 2.45) is 0 Å². The number of rotatable bonds is 29. The number of unbranched alkanes of at least 4 members (excludes halogenated alkanes) is 2. The molecule has 0 saturated carbocycles. The van der Waals surface area contributed by atoms with Crippen molar-refractivity contribution in [3.8, 4) is 0 Å². The first-order chi connectivity index (χ1) is 37.9. The van der Waals surface area contributed by atoms with E-state index in [1.165, 1.54) is 24.3 Å². The van der Waals surface area contributed by atoms with E-state index in [0.29, 0.717) is 62.2 Å². The molecule has 0 bridgehead atoms. The van der Waals surface area contributed by atoms with Crippen LogP contribution in [0.5, 0.6) is 0 Å². The van der Waals surface area contributed by atoms with Gasteiger partial charge in [-0.1, -0.05) is 24.6 Å². The van der Waals surface area contributed by atoms with E-state index in [0.717, 1.165) is 51.2 Å². The van der Waals surface area contributed by atoms with Crippen molar-refractivity contribution in [2.75, 3.05) is 37.7 Å². The fourth-order valence-electron chi connectivity index (χ4n) is 9.89. The average Bonchev–Trinajstić information content (AvgIpc) is 4.18. The second kappa shape index (κ2) is 27.3.